The third kappa shape index (κ3) is 3.96. The number of ketones is 1. The average molecular weight is 420 g/mol. The van der Waals surface area contributed by atoms with Gasteiger partial charge in [-0.2, -0.15) is 5.10 Å². The molecule has 8 heteroatoms. The molecule has 1 aromatic heterocycles. The van der Waals surface area contributed by atoms with Crippen LogP contribution in [0.2, 0.25) is 0 Å². The quantitative estimate of drug-likeness (QED) is 0.569. The van der Waals surface area contributed by atoms with Crippen LogP contribution in [-0.4, -0.2) is 41.7 Å². The number of benzene rings is 2. The molecule has 2 aromatic carbocycles. The lowest BCUT2D eigenvalue weighted by Crippen LogP contribution is -2.25. The SMILES string of the molecule is COc1ccc(C(=O)c2cnn(-c3cc(C(=O)NC4CC4)ccc3C)c2N)cc1OC. The highest BCUT2D eigenvalue weighted by molar-refractivity contribution is 6.12. The summed E-state index contributed by atoms with van der Waals surface area (Å²) < 4.78 is 12.0. The van der Waals surface area contributed by atoms with Crippen molar-refractivity contribution in [3.8, 4) is 17.2 Å². The van der Waals surface area contributed by atoms with Gasteiger partial charge < -0.3 is 20.5 Å². The second kappa shape index (κ2) is 8.14. The Morgan fingerprint density at radius 3 is 2.45 bits per heavy atom. The molecule has 1 amide bonds. The Labute approximate surface area is 180 Å². The number of aromatic nitrogens is 2. The lowest BCUT2D eigenvalue weighted by Gasteiger charge is -2.11. The van der Waals surface area contributed by atoms with Crippen LogP contribution in [0.1, 0.15) is 44.7 Å². The molecule has 0 radical (unpaired) electrons. The van der Waals surface area contributed by atoms with E-state index in [0.29, 0.717) is 28.3 Å². The van der Waals surface area contributed by atoms with Crippen molar-refractivity contribution < 1.29 is 19.1 Å². The number of anilines is 1. The largest absolute Gasteiger partial charge is 0.493 e. The van der Waals surface area contributed by atoms with Crippen LogP contribution in [0, 0.1) is 6.92 Å². The van der Waals surface area contributed by atoms with Crippen molar-refractivity contribution >= 4 is 17.5 Å². The molecule has 3 aromatic rings. The smallest absolute Gasteiger partial charge is 0.251 e. The van der Waals surface area contributed by atoms with Gasteiger partial charge in [-0.3, -0.25) is 9.59 Å². The lowest BCUT2D eigenvalue weighted by atomic mass is 10.0. The summed E-state index contributed by atoms with van der Waals surface area (Å²) >= 11 is 0. The number of hydrogen-bond acceptors (Lipinski definition) is 6. The van der Waals surface area contributed by atoms with Crippen molar-refractivity contribution in [3.63, 3.8) is 0 Å². The van der Waals surface area contributed by atoms with Crippen LogP contribution in [-0.2, 0) is 0 Å². The summed E-state index contributed by atoms with van der Waals surface area (Å²) in [5.74, 6) is 0.757. The van der Waals surface area contributed by atoms with Gasteiger partial charge in [-0.05, 0) is 55.7 Å². The molecule has 1 heterocycles. The molecule has 1 saturated carbocycles. The number of nitrogens with one attached hydrogen (secondary N) is 1. The number of nitrogen functional groups attached to an aromatic ring is 1. The highest BCUT2D eigenvalue weighted by atomic mass is 16.5. The first-order valence-corrected chi connectivity index (χ1v) is 9.95. The number of aryl methyl sites for hydroxylation is 1. The van der Waals surface area contributed by atoms with E-state index in [-0.39, 0.29) is 29.1 Å². The maximum absolute atomic E-state index is 13.1. The Balaban J connectivity index is 1.67. The monoisotopic (exact) mass is 420 g/mol. The van der Waals surface area contributed by atoms with Gasteiger partial charge in [0.1, 0.15) is 5.82 Å². The zero-order valence-electron chi connectivity index (χ0n) is 17.6. The van der Waals surface area contributed by atoms with Crippen LogP contribution in [0.4, 0.5) is 5.82 Å². The van der Waals surface area contributed by atoms with Gasteiger partial charge >= 0.3 is 0 Å². The van der Waals surface area contributed by atoms with Gasteiger partial charge in [-0.1, -0.05) is 6.07 Å². The number of rotatable bonds is 7. The van der Waals surface area contributed by atoms with Crippen LogP contribution in [0.15, 0.2) is 42.6 Å². The first-order chi connectivity index (χ1) is 14.9. The van der Waals surface area contributed by atoms with E-state index in [4.69, 9.17) is 15.2 Å². The van der Waals surface area contributed by atoms with Gasteiger partial charge in [0.25, 0.3) is 5.91 Å². The fourth-order valence-electron chi connectivity index (χ4n) is 3.33. The minimum Gasteiger partial charge on any atom is -0.493 e. The van der Waals surface area contributed by atoms with Gasteiger partial charge in [0.2, 0.25) is 0 Å². The Hall–Kier alpha value is -3.81. The molecule has 0 aliphatic heterocycles. The Bertz CT molecular complexity index is 1160. The van der Waals surface area contributed by atoms with E-state index in [1.54, 1.807) is 30.3 Å². The van der Waals surface area contributed by atoms with E-state index in [1.165, 1.54) is 25.1 Å². The van der Waals surface area contributed by atoms with Crippen molar-refractivity contribution in [1.82, 2.24) is 15.1 Å². The summed E-state index contributed by atoms with van der Waals surface area (Å²) in [6.07, 6.45) is 3.46. The molecule has 1 fully saturated rings. The summed E-state index contributed by atoms with van der Waals surface area (Å²) in [4.78, 5) is 25.5. The topological polar surface area (TPSA) is 108 Å². The van der Waals surface area contributed by atoms with Gasteiger partial charge in [-0.25, -0.2) is 4.68 Å². The normalized spacial score (nSPS) is 13.0. The molecular formula is C23H24N4O4. The molecule has 31 heavy (non-hydrogen) atoms. The van der Waals surface area contributed by atoms with Crippen molar-refractivity contribution in [1.29, 1.82) is 0 Å². The van der Waals surface area contributed by atoms with Crippen molar-refractivity contribution in [2.75, 3.05) is 20.0 Å². The molecule has 3 N–H and O–H groups in total. The van der Waals surface area contributed by atoms with Crippen LogP contribution < -0.4 is 20.5 Å². The summed E-state index contributed by atoms with van der Waals surface area (Å²) in [6, 6.07) is 10.5. The second-order valence-corrected chi connectivity index (χ2v) is 7.50. The fourth-order valence-corrected chi connectivity index (χ4v) is 3.33. The Morgan fingerprint density at radius 1 is 1.06 bits per heavy atom. The number of carbonyl (C=O) groups excluding carboxylic acids is 2. The van der Waals surface area contributed by atoms with E-state index in [1.807, 2.05) is 13.0 Å². The third-order valence-electron chi connectivity index (χ3n) is 5.31. The number of carbonyl (C=O) groups is 2. The molecule has 0 spiro atoms. The fraction of sp³-hybridized carbons (Fsp3) is 0.261. The predicted octanol–water partition coefficient (Wildman–Crippen LogP) is 2.90. The molecular weight excluding hydrogens is 396 g/mol. The maximum atomic E-state index is 13.1. The van der Waals surface area contributed by atoms with Crippen LogP contribution >= 0.6 is 0 Å². The third-order valence-corrected chi connectivity index (χ3v) is 5.31. The van der Waals surface area contributed by atoms with E-state index < -0.39 is 0 Å². The first kappa shape index (κ1) is 20.5. The zero-order chi connectivity index (χ0) is 22.1. The molecule has 0 atom stereocenters. The number of amides is 1. The zero-order valence-corrected chi connectivity index (χ0v) is 17.6. The van der Waals surface area contributed by atoms with Gasteiger partial charge in [-0.15, -0.1) is 0 Å². The standard InChI is InChI=1S/C23H24N4O4/c1-13-4-5-15(23(29)26-16-7-8-16)10-18(13)27-22(24)17(12-25-27)21(28)14-6-9-19(30-2)20(11-14)31-3/h4-6,9-12,16H,7-8,24H2,1-3H3,(H,26,29). The van der Waals surface area contributed by atoms with E-state index in [0.717, 1.165) is 18.4 Å². The summed E-state index contributed by atoms with van der Waals surface area (Å²) in [6.45, 7) is 1.90. The first-order valence-electron chi connectivity index (χ1n) is 9.95. The summed E-state index contributed by atoms with van der Waals surface area (Å²) in [5.41, 5.74) is 9.02. The van der Waals surface area contributed by atoms with Crippen molar-refractivity contribution in [2.24, 2.45) is 0 Å². The van der Waals surface area contributed by atoms with Crippen molar-refractivity contribution in [3.05, 3.63) is 64.8 Å². The number of ether oxygens (including phenoxy) is 2. The Morgan fingerprint density at radius 2 is 1.77 bits per heavy atom. The van der Waals surface area contributed by atoms with Gasteiger partial charge in [0, 0.05) is 17.2 Å². The highest BCUT2D eigenvalue weighted by Gasteiger charge is 2.25. The molecule has 0 unspecified atom stereocenters. The number of hydrogen-bond donors (Lipinski definition) is 2. The highest BCUT2D eigenvalue weighted by Crippen LogP contribution is 2.30. The molecule has 1 aliphatic rings. The number of methoxy groups -OCH3 is 2. The molecule has 160 valence electrons. The van der Waals surface area contributed by atoms with Gasteiger partial charge in [0.15, 0.2) is 17.3 Å². The lowest BCUT2D eigenvalue weighted by molar-refractivity contribution is 0.0950. The predicted molar refractivity (Wildman–Crippen MR) is 116 cm³/mol. The molecule has 4 rings (SSSR count). The van der Waals surface area contributed by atoms with Crippen LogP contribution in [0.3, 0.4) is 0 Å². The average Bonchev–Trinajstić information content (AvgIpc) is 3.52. The minimum absolute atomic E-state index is 0.129. The molecule has 0 bridgehead atoms. The maximum Gasteiger partial charge on any atom is 0.251 e. The van der Waals surface area contributed by atoms with E-state index in [2.05, 4.69) is 10.4 Å². The number of nitrogens with two attached hydrogens (primary N) is 1. The van der Waals surface area contributed by atoms with E-state index >= 15 is 0 Å². The molecule has 8 nitrogen and oxygen atoms in total. The Kier molecular flexibility index (Phi) is 5.37. The molecule has 1 aliphatic carbocycles. The minimum atomic E-state index is -0.287. The van der Waals surface area contributed by atoms with Gasteiger partial charge in [0.05, 0.1) is 31.7 Å². The van der Waals surface area contributed by atoms with Crippen LogP contribution in [0.5, 0.6) is 11.5 Å². The van der Waals surface area contributed by atoms with E-state index in [9.17, 15) is 9.59 Å². The van der Waals surface area contributed by atoms with Crippen LogP contribution in [0.25, 0.3) is 5.69 Å². The second-order valence-electron chi connectivity index (χ2n) is 7.50. The van der Waals surface area contributed by atoms with Crippen molar-refractivity contribution in [2.45, 2.75) is 25.8 Å². The summed E-state index contributed by atoms with van der Waals surface area (Å²) in [5, 5.41) is 7.30. The molecule has 0 saturated heterocycles. The number of nitrogens with zero attached hydrogens (tertiary/aromatic N) is 2. The summed E-state index contributed by atoms with van der Waals surface area (Å²) in [7, 11) is 3.04.